The van der Waals surface area contributed by atoms with Crippen LogP contribution < -0.4 is 0 Å². The van der Waals surface area contributed by atoms with Gasteiger partial charge in [-0.15, -0.1) is 0 Å². The standard InChI is InChI=1S/C11H11IN2/c12-9-4-7-14-8-5-11(9)10(14)3-1-2-6-13-11/h1-3,5-6,8-9H,4,7H2. The third kappa shape index (κ3) is 0.988. The molecule has 0 aromatic rings. The third-order valence-corrected chi connectivity index (χ3v) is 4.64. The van der Waals surface area contributed by atoms with E-state index in [9.17, 15) is 0 Å². The highest BCUT2D eigenvalue weighted by Gasteiger charge is 2.47. The molecule has 3 aliphatic heterocycles. The maximum atomic E-state index is 4.70. The van der Waals surface area contributed by atoms with Crippen molar-refractivity contribution in [3.8, 4) is 0 Å². The maximum absolute atomic E-state index is 4.70. The summed E-state index contributed by atoms with van der Waals surface area (Å²) >= 11 is 2.53. The van der Waals surface area contributed by atoms with Crippen molar-refractivity contribution in [2.45, 2.75) is 15.9 Å². The Labute approximate surface area is 97.2 Å². The van der Waals surface area contributed by atoms with Gasteiger partial charge in [0, 0.05) is 22.9 Å². The van der Waals surface area contributed by atoms with Crippen molar-refractivity contribution in [1.82, 2.24) is 4.90 Å². The first-order valence-corrected chi connectivity index (χ1v) is 6.10. The predicted octanol–water partition coefficient (Wildman–Crippen LogP) is 2.29. The van der Waals surface area contributed by atoms with E-state index in [4.69, 9.17) is 4.99 Å². The van der Waals surface area contributed by atoms with E-state index >= 15 is 0 Å². The molecule has 0 aromatic carbocycles. The molecular formula is C11H11IN2. The molecule has 2 bridgehead atoms. The van der Waals surface area contributed by atoms with Crippen molar-refractivity contribution in [2.75, 3.05) is 6.54 Å². The van der Waals surface area contributed by atoms with Crippen molar-refractivity contribution in [3.05, 3.63) is 36.2 Å². The smallest absolute Gasteiger partial charge is 0.132 e. The number of allylic oxidation sites excluding steroid dienone is 3. The van der Waals surface area contributed by atoms with Crippen LogP contribution in [0, 0.1) is 0 Å². The van der Waals surface area contributed by atoms with Gasteiger partial charge in [0.15, 0.2) is 0 Å². The van der Waals surface area contributed by atoms with Gasteiger partial charge in [0.05, 0.1) is 5.70 Å². The second-order valence-corrected chi connectivity index (χ2v) is 5.31. The van der Waals surface area contributed by atoms with Crippen molar-refractivity contribution in [3.63, 3.8) is 0 Å². The normalized spacial score (nSPS) is 38.2. The summed E-state index contributed by atoms with van der Waals surface area (Å²) in [4.78, 5) is 7.02. The van der Waals surface area contributed by atoms with Crippen molar-refractivity contribution >= 4 is 28.8 Å². The van der Waals surface area contributed by atoms with Gasteiger partial charge in [-0.1, -0.05) is 28.7 Å². The van der Waals surface area contributed by atoms with Gasteiger partial charge in [0.2, 0.25) is 0 Å². The number of rotatable bonds is 0. The van der Waals surface area contributed by atoms with Crippen LogP contribution in [0.5, 0.6) is 0 Å². The van der Waals surface area contributed by atoms with Crippen LogP contribution in [0.15, 0.2) is 41.2 Å². The summed E-state index contributed by atoms with van der Waals surface area (Å²) in [7, 11) is 0. The fraction of sp³-hybridized carbons (Fsp3) is 0.364. The molecule has 2 unspecified atom stereocenters. The second-order valence-electron chi connectivity index (χ2n) is 3.81. The van der Waals surface area contributed by atoms with E-state index in [0.29, 0.717) is 3.92 Å². The Hall–Kier alpha value is -0.580. The summed E-state index contributed by atoms with van der Waals surface area (Å²) in [5.41, 5.74) is 1.27. The van der Waals surface area contributed by atoms with Crippen LogP contribution in [0.3, 0.4) is 0 Å². The van der Waals surface area contributed by atoms with E-state index in [2.05, 4.69) is 51.9 Å². The molecule has 1 saturated heterocycles. The lowest BCUT2D eigenvalue weighted by atomic mass is 9.89. The zero-order valence-electron chi connectivity index (χ0n) is 7.73. The van der Waals surface area contributed by atoms with Crippen LogP contribution in [0.1, 0.15) is 6.42 Å². The Morgan fingerprint density at radius 1 is 1.50 bits per heavy atom. The molecule has 14 heavy (non-hydrogen) atoms. The van der Waals surface area contributed by atoms with Crippen molar-refractivity contribution in [1.29, 1.82) is 0 Å². The molecule has 3 rings (SSSR count). The summed E-state index contributed by atoms with van der Waals surface area (Å²) < 4.78 is 0.581. The molecule has 0 N–H and O–H groups in total. The van der Waals surface area contributed by atoms with E-state index in [-0.39, 0.29) is 5.54 Å². The van der Waals surface area contributed by atoms with Crippen molar-refractivity contribution < 1.29 is 0 Å². The molecule has 0 aliphatic carbocycles. The van der Waals surface area contributed by atoms with Crippen LogP contribution in [-0.4, -0.2) is 27.1 Å². The zero-order chi connectivity index (χ0) is 9.60. The number of hydrogen-bond acceptors (Lipinski definition) is 2. The van der Waals surface area contributed by atoms with Crippen LogP contribution in [0.25, 0.3) is 0 Å². The lowest BCUT2D eigenvalue weighted by Gasteiger charge is -2.38. The van der Waals surface area contributed by atoms with Gasteiger partial charge >= 0.3 is 0 Å². The molecule has 0 aromatic heterocycles. The Bertz CT molecular complexity index is 381. The highest BCUT2D eigenvalue weighted by Crippen LogP contribution is 2.45. The van der Waals surface area contributed by atoms with Gasteiger partial charge in [-0.05, 0) is 24.6 Å². The highest BCUT2D eigenvalue weighted by molar-refractivity contribution is 14.1. The molecule has 1 fully saturated rings. The van der Waals surface area contributed by atoms with Gasteiger partial charge in [0.1, 0.15) is 5.54 Å². The molecule has 72 valence electrons. The number of halogens is 1. The minimum absolute atomic E-state index is 0.0672. The van der Waals surface area contributed by atoms with Gasteiger partial charge < -0.3 is 4.90 Å². The van der Waals surface area contributed by atoms with Crippen LogP contribution in [0.2, 0.25) is 0 Å². The molecule has 0 amide bonds. The van der Waals surface area contributed by atoms with E-state index in [1.165, 1.54) is 12.1 Å². The fourth-order valence-electron chi connectivity index (χ4n) is 2.31. The fourth-order valence-corrected chi connectivity index (χ4v) is 3.28. The molecule has 0 spiro atoms. The SMILES string of the molecule is IC1CCN2C=CC13N=CC=CC=C23. The van der Waals surface area contributed by atoms with E-state index in [1.54, 1.807) is 0 Å². The highest BCUT2D eigenvalue weighted by atomic mass is 127. The van der Waals surface area contributed by atoms with E-state index < -0.39 is 0 Å². The predicted molar refractivity (Wildman–Crippen MR) is 66.7 cm³/mol. The Balaban J connectivity index is 2.18. The summed E-state index contributed by atoms with van der Waals surface area (Å²) in [5.74, 6) is 0. The van der Waals surface area contributed by atoms with Gasteiger partial charge in [0.25, 0.3) is 0 Å². The number of piperidine rings is 1. The summed E-state index contributed by atoms with van der Waals surface area (Å²) in [6.07, 6.45) is 13.8. The summed E-state index contributed by atoms with van der Waals surface area (Å²) in [6.45, 7) is 1.13. The zero-order valence-corrected chi connectivity index (χ0v) is 9.89. The van der Waals surface area contributed by atoms with Gasteiger partial charge in [-0.3, -0.25) is 4.99 Å². The molecular weight excluding hydrogens is 287 g/mol. The molecule has 3 heteroatoms. The summed E-state index contributed by atoms with van der Waals surface area (Å²) in [5, 5.41) is 0. The minimum Gasteiger partial charge on any atom is -0.349 e. The molecule has 3 heterocycles. The maximum Gasteiger partial charge on any atom is 0.132 e. The largest absolute Gasteiger partial charge is 0.349 e. The molecule has 0 radical (unpaired) electrons. The Morgan fingerprint density at radius 2 is 2.43 bits per heavy atom. The lowest BCUT2D eigenvalue weighted by molar-refractivity contribution is 0.358. The molecule has 3 aliphatic rings. The van der Waals surface area contributed by atoms with Crippen LogP contribution in [0.4, 0.5) is 0 Å². The molecule has 2 nitrogen and oxygen atoms in total. The first-order chi connectivity index (χ1) is 6.83. The Morgan fingerprint density at radius 3 is 3.36 bits per heavy atom. The molecule has 0 saturated carbocycles. The average Bonchev–Trinajstić information content (AvgIpc) is 2.40. The molecule has 2 atom stereocenters. The van der Waals surface area contributed by atoms with E-state index in [0.717, 1.165) is 6.54 Å². The quantitative estimate of drug-likeness (QED) is 0.495. The van der Waals surface area contributed by atoms with Crippen LogP contribution in [-0.2, 0) is 0 Å². The minimum atomic E-state index is -0.0672. The van der Waals surface area contributed by atoms with E-state index in [1.807, 2.05) is 12.3 Å². The van der Waals surface area contributed by atoms with Crippen LogP contribution >= 0.6 is 22.6 Å². The number of nitrogens with zero attached hydrogens (tertiary/aromatic N) is 2. The third-order valence-electron chi connectivity index (χ3n) is 3.07. The summed E-state index contributed by atoms with van der Waals surface area (Å²) in [6, 6.07) is 0. The van der Waals surface area contributed by atoms with Crippen molar-refractivity contribution in [2.24, 2.45) is 4.99 Å². The monoisotopic (exact) mass is 298 g/mol. The van der Waals surface area contributed by atoms with Gasteiger partial charge in [-0.2, -0.15) is 0 Å². The Kier molecular flexibility index (Phi) is 1.84. The van der Waals surface area contributed by atoms with Gasteiger partial charge in [-0.25, -0.2) is 0 Å². The average molecular weight is 298 g/mol. The number of hydrogen-bond donors (Lipinski definition) is 0. The second kappa shape index (κ2) is 2.95. The number of aliphatic imine (C=N–C) groups is 1. The topological polar surface area (TPSA) is 15.6 Å². The lowest BCUT2D eigenvalue weighted by Crippen LogP contribution is -2.44. The first-order valence-electron chi connectivity index (χ1n) is 4.86. The first kappa shape index (κ1) is 8.71. The number of alkyl halides is 1.